The fourth-order valence-electron chi connectivity index (χ4n) is 7.83. The highest BCUT2D eigenvalue weighted by Gasteiger charge is 2.40. The normalized spacial score (nSPS) is 14.1. The molecule has 58 heavy (non-hydrogen) atoms. The summed E-state index contributed by atoms with van der Waals surface area (Å²) in [6, 6.07) is 63.1. The fraction of sp³-hybridized carbons (Fsp3) is 0.161. The van der Waals surface area contributed by atoms with Crippen LogP contribution in [0.3, 0.4) is 0 Å². The molecule has 7 aromatic carbocycles. The maximum atomic E-state index is 14.8. The van der Waals surface area contributed by atoms with Crippen molar-refractivity contribution in [2.45, 2.75) is 58.0 Å². The molecule has 1 aliphatic carbocycles. The molecule has 0 spiro atoms. The maximum Gasteiger partial charge on any atom is 0.193 e. The number of ketones is 1. The molecule has 7 aromatic rings. The molecule has 0 amide bonds. The Bertz CT molecular complexity index is 2480. The Morgan fingerprint density at radius 3 is 1.14 bits per heavy atom. The van der Waals surface area contributed by atoms with Crippen LogP contribution in [0.15, 0.2) is 194 Å². The van der Waals surface area contributed by atoms with Crippen LogP contribution in [-0.4, -0.2) is 5.78 Å². The summed E-state index contributed by atoms with van der Waals surface area (Å²) in [5.74, 6) is 0.692. The number of carbonyl (C=O) groups excluding carboxylic acids is 1. The molecule has 0 saturated heterocycles. The van der Waals surface area contributed by atoms with Crippen molar-refractivity contribution in [1.82, 2.24) is 0 Å². The lowest BCUT2D eigenvalue weighted by Crippen LogP contribution is -2.34. The van der Waals surface area contributed by atoms with Crippen molar-refractivity contribution in [2.24, 2.45) is 0 Å². The first-order chi connectivity index (χ1) is 27.9. The van der Waals surface area contributed by atoms with Crippen LogP contribution in [0.4, 0.5) is 0 Å². The van der Waals surface area contributed by atoms with Gasteiger partial charge in [-0.15, -0.1) is 0 Å². The molecule has 0 bridgehead atoms. The molecule has 0 aliphatic heterocycles. The number of allylic oxidation sites excluding steroid dienone is 2. The van der Waals surface area contributed by atoms with Crippen molar-refractivity contribution in [2.75, 3.05) is 0 Å². The molecule has 2 nitrogen and oxygen atoms in total. The monoisotopic (exact) mass is 754 g/mol. The highest BCUT2D eigenvalue weighted by molar-refractivity contribution is 6.43. The smallest absolute Gasteiger partial charge is 0.193 e. The average molecular weight is 755 g/mol. The van der Waals surface area contributed by atoms with E-state index in [-0.39, 0.29) is 16.6 Å². The van der Waals surface area contributed by atoms with Crippen LogP contribution in [0.25, 0.3) is 44.5 Å². The Hall–Kier alpha value is -6.51. The van der Waals surface area contributed by atoms with E-state index in [4.69, 9.17) is 4.74 Å². The summed E-state index contributed by atoms with van der Waals surface area (Å²) in [7, 11) is 0. The first kappa shape index (κ1) is 38.4. The summed E-state index contributed by atoms with van der Waals surface area (Å²) in [6.07, 6.45) is 4.10. The van der Waals surface area contributed by atoms with Crippen LogP contribution < -0.4 is 4.74 Å². The molecule has 0 heterocycles. The largest absolute Gasteiger partial charge is 0.473 e. The molecule has 286 valence electrons. The number of Topliss-reactive ketones (excluding diaryl/α,β-unsaturated/α-hetero) is 1. The van der Waals surface area contributed by atoms with Gasteiger partial charge in [-0.2, -0.15) is 0 Å². The third-order valence-corrected chi connectivity index (χ3v) is 11.2. The SMILES string of the molecule is CC(C)(C)c1ccc(-c2cc(-c3ccccc3)c(OC3(c4ccc(C(C)(C)C)cc4)C=C(c4ccccc4)C(=O)C(c4ccccc4)=C3)c(-c3ccccc3)c2)cc1. The Morgan fingerprint density at radius 1 is 0.397 bits per heavy atom. The molecular formula is C56H50O2. The van der Waals surface area contributed by atoms with Gasteiger partial charge in [0.1, 0.15) is 5.75 Å². The first-order valence-electron chi connectivity index (χ1n) is 20.2. The van der Waals surface area contributed by atoms with Gasteiger partial charge in [0.15, 0.2) is 11.4 Å². The fourth-order valence-corrected chi connectivity index (χ4v) is 7.83. The van der Waals surface area contributed by atoms with Crippen LogP contribution in [0.5, 0.6) is 5.75 Å². The molecule has 0 saturated carbocycles. The summed E-state index contributed by atoms with van der Waals surface area (Å²) < 4.78 is 7.83. The number of rotatable bonds is 8. The predicted molar refractivity (Wildman–Crippen MR) is 243 cm³/mol. The van der Waals surface area contributed by atoms with Crippen molar-refractivity contribution >= 4 is 16.9 Å². The summed E-state index contributed by atoms with van der Waals surface area (Å²) >= 11 is 0. The van der Waals surface area contributed by atoms with Crippen LogP contribution in [0.1, 0.15) is 69.4 Å². The molecule has 8 rings (SSSR count). The molecule has 0 radical (unpaired) electrons. The molecular weight excluding hydrogens is 705 g/mol. The molecule has 0 atom stereocenters. The van der Waals surface area contributed by atoms with Crippen LogP contribution in [-0.2, 0) is 21.2 Å². The van der Waals surface area contributed by atoms with E-state index < -0.39 is 5.60 Å². The van der Waals surface area contributed by atoms with Crippen molar-refractivity contribution in [1.29, 1.82) is 0 Å². The second-order valence-electron chi connectivity index (χ2n) is 17.4. The van der Waals surface area contributed by atoms with Crippen LogP contribution in [0, 0.1) is 0 Å². The van der Waals surface area contributed by atoms with Crippen molar-refractivity contribution in [3.63, 3.8) is 0 Å². The summed E-state index contributed by atoms with van der Waals surface area (Å²) in [5, 5.41) is 0. The summed E-state index contributed by atoms with van der Waals surface area (Å²) in [4.78, 5) is 14.8. The van der Waals surface area contributed by atoms with Gasteiger partial charge in [-0.25, -0.2) is 0 Å². The molecule has 0 N–H and O–H groups in total. The summed E-state index contributed by atoms with van der Waals surface area (Å²) in [5.41, 5.74) is 11.3. The number of ether oxygens (including phenoxy) is 1. The van der Waals surface area contributed by atoms with Gasteiger partial charge in [0.05, 0.1) is 0 Å². The van der Waals surface area contributed by atoms with Crippen molar-refractivity contribution in [3.8, 4) is 39.1 Å². The lowest BCUT2D eigenvalue weighted by atomic mass is 9.77. The quantitative estimate of drug-likeness (QED) is 0.154. The summed E-state index contributed by atoms with van der Waals surface area (Å²) in [6.45, 7) is 13.4. The maximum absolute atomic E-state index is 14.8. The molecule has 2 heteroatoms. The lowest BCUT2D eigenvalue weighted by Gasteiger charge is -2.36. The van der Waals surface area contributed by atoms with Crippen LogP contribution in [0.2, 0.25) is 0 Å². The van der Waals surface area contributed by atoms with E-state index in [9.17, 15) is 4.79 Å². The topological polar surface area (TPSA) is 26.3 Å². The first-order valence-corrected chi connectivity index (χ1v) is 20.2. The van der Waals surface area contributed by atoms with E-state index >= 15 is 0 Å². The van der Waals surface area contributed by atoms with Gasteiger partial charge in [0.25, 0.3) is 0 Å². The molecule has 0 aromatic heterocycles. The highest BCUT2D eigenvalue weighted by Crippen LogP contribution is 2.49. The van der Waals surface area contributed by atoms with Gasteiger partial charge in [0.2, 0.25) is 0 Å². The molecule has 0 unspecified atom stereocenters. The molecule has 0 fully saturated rings. The average Bonchev–Trinajstić information content (AvgIpc) is 3.25. The zero-order chi connectivity index (χ0) is 40.5. The minimum Gasteiger partial charge on any atom is -0.473 e. The second-order valence-corrected chi connectivity index (χ2v) is 17.4. The Kier molecular flexibility index (Phi) is 10.2. The standard InChI is InChI=1S/C56H50O2/c1-54(2,3)45-29-27-39(28-30-45)44-35-48(40-19-11-7-12-20-40)53(49(36-44)41-21-13-8-14-22-41)58-56(47-33-31-46(32-34-47)55(4,5)6)37-50(42-23-15-9-16-24-42)52(57)51(38-56)43-25-17-10-18-26-43/h7-38H,1-6H3. The van der Waals surface area contributed by atoms with E-state index in [1.807, 2.05) is 84.9 Å². The van der Waals surface area contributed by atoms with Gasteiger partial charge in [-0.3, -0.25) is 4.79 Å². The third-order valence-electron chi connectivity index (χ3n) is 11.2. The number of benzene rings is 7. The van der Waals surface area contributed by atoms with E-state index in [2.05, 4.69) is 151 Å². The zero-order valence-electron chi connectivity index (χ0n) is 34.3. The second kappa shape index (κ2) is 15.4. The van der Waals surface area contributed by atoms with Crippen LogP contribution >= 0.6 is 0 Å². The van der Waals surface area contributed by atoms with Crippen molar-refractivity contribution in [3.05, 3.63) is 222 Å². The van der Waals surface area contributed by atoms with E-state index in [1.165, 1.54) is 11.1 Å². The van der Waals surface area contributed by atoms with Crippen molar-refractivity contribution < 1.29 is 9.53 Å². The Morgan fingerprint density at radius 2 is 0.759 bits per heavy atom. The van der Waals surface area contributed by atoms with E-state index in [1.54, 1.807) is 0 Å². The number of carbonyl (C=O) groups is 1. The van der Waals surface area contributed by atoms with E-state index in [0.717, 1.165) is 55.8 Å². The highest BCUT2D eigenvalue weighted by atomic mass is 16.5. The minimum absolute atomic E-state index is 0.0384. The van der Waals surface area contributed by atoms with Gasteiger partial charge < -0.3 is 4.74 Å². The zero-order valence-corrected chi connectivity index (χ0v) is 34.3. The third kappa shape index (κ3) is 7.76. The van der Waals surface area contributed by atoms with E-state index in [0.29, 0.717) is 11.1 Å². The van der Waals surface area contributed by atoms with Gasteiger partial charge >= 0.3 is 0 Å². The lowest BCUT2D eigenvalue weighted by molar-refractivity contribution is -0.109. The van der Waals surface area contributed by atoms with Gasteiger partial charge in [-0.1, -0.05) is 211 Å². The molecule has 1 aliphatic rings. The number of hydrogen-bond donors (Lipinski definition) is 0. The predicted octanol–water partition coefficient (Wildman–Crippen LogP) is 14.3. The Balaban J connectivity index is 1.45. The minimum atomic E-state index is -1.19. The Labute approximate surface area is 344 Å². The van der Waals surface area contributed by atoms with Gasteiger partial charge in [-0.05, 0) is 79.6 Å². The van der Waals surface area contributed by atoms with Gasteiger partial charge in [0, 0.05) is 27.8 Å². The number of hydrogen-bond acceptors (Lipinski definition) is 2.